The molecule has 0 aromatic heterocycles. The van der Waals surface area contributed by atoms with E-state index in [0.717, 1.165) is 37.9 Å². The van der Waals surface area contributed by atoms with Crippen LogP contribution in [0.25, 0.3) is 0 Å². The molecule has 1 aromatic rings. The zero-order valence-electron chi connectivity index (χ0n) is 10.7. The first-order valence-corrected chi connectivity index (χ1v) is 6.61. The van der Waals surface area contributed by atoms with Gasteiger partial charge in [-0.3, -0.25) is 4.90 Å². The van der Waals surface area contributed by atoms with E-state index in [1.165, 1.54) is 5.56 Å². The van der Waals surface area contributed by atoms with Crippen LogP contribution in [0.1, 0.15) is 29.9 Å². The second-order valence-corrected chi connectivity index (χ2v) is 5.26. The van der Waals surface area contributed by atoms with Crippen molar-refractivity contribution in [2.75, 3.05) is 19.7 Å². The molecule has 1 saturated heterocycles. The zero-order valence-corrected chi connectivity index (χ0v) is 12.5. The van der Waals surface area contributed by atoms with E-state index >= 15 is 0 Å². The molecular formula is C14H20BrNO3. The first kappa shape index (κ1) is 14.6. The number of aromatic hydroxyl groups is 2. The molecule has 0 unspecified atom stereocenters. The Labute approximate surface area is 123 Å². The van der Waals surface area contributed by atoms with Gasteiger partial charge in [0.1, 0.15) is 0 Å². The minimum atomic E-state index is -0.0163. The number of phenolic OH excluding ortho intramolecular Hbond substituents is 2. The molecule has 4 nitrogen and oxygen atoms in total. The van der Waals surface area contributed by atoms with Gasteiger partial charge in [0.05, 0.1) is 6.61 Å². The van der Waals surface area contributed by atoms with Crippen molar-refractivity contribution in [1.29, 1.82) is 0 Å². The van der Waals surface area contributed by atoms with Gasteiger partial charge in [-0.1, -0.05) is 6.07 Å². The highest BCUT2D eigenvalue weighted by molar-refractivity contribution is 8.93. The van der Waals surface area contributed by atoms with Gasteiger partial charge < -0.3 is 15.3 Å². The Morgan fingerprint density at radius 2 is 2.00 bits per heavy atom. The fourth-order valence-corrected chi connectivity index (χ4v) is 3.61. The van der Waals surface area contributed by atoms with Crippen molar-refractivity contribution in [1.82, 2.24) is 4.90 Å². The lowest BCUT2D eigenvalue weighted by molar-refractivity contribution is 0.171. The first-order chi connectivity index (χ1) is 8.72. The number of aliphatic hydroxyl groups excluding tert-OH is 1. The molecule has 0 amide bonds. The maximum absolute atomic E-state index is 9.93. The quantitative estimate of drug-likeness (QED) is 0.723. The summed E-state index contributed by atoms with van der Waals surface area (Å²) in [5.74, 6) is 0.482. The molecule has 0 bridgehead atoms. The van der Waals surface area contributed by atoms with E-state index < -0.39 is 0 Å². The first-order valence-electron chi connectivity index (χ1n) is 6.61. The van der Waals surface area contributed by atoms with Crippen molar-refractivity contribution in [2.24, 2.45) is 0 Å². The molecule has 1 fully saturated rings. The predicted molar refractivity (Wildman–Crippen MR) is 78.2 cm³/mol. The molecule has 1 heterocycles. The third-order valence-electron chi connectivity index (χ3n) is 4.44. The van der Waals surface area contributed by atoms with Crippen LogP contribution in [0.3, 0.4) is 0 Å². The average Bonchev–Trinajstić information content (AvgIpc) is 2.78. The second kappa shape index (κ2) is 5.69. The standard InChI is InChI=1S/C14H19NO3.BrH/c16-8-7-15-6-5-10-9-2-4-13(17)14(18)11(9)1-3-12(10)15;/h2,4,10,12,16-18H,1,3,5-8H2;1H/t10-,12+;/m0./s1. The molecule has 19 heavy (non-hydrogen) atoms. The summed E-state index contributed by atoms with van der Waals surface area (Å²) in [7, 11) is 0. The number of hydrogen-bond acceptors (Lipinski definition) is 4. The monoisotopic (exact) mass is 329 g/mol. The highest BCUT2D eigenvalue weighted by atomic mass is 79.9. The van der Waals surface area contributed by atoms with Gasteiger partial charge in [-0.15, -0.1) is 17.0 Å². The molecule has 0 saturated carbocycles. The lowest BCUT2D eigenvalue weighted by Crippen LogP contribution is -2.36. The molecule has 5 heteroatoms. The van der Waals surface area contributed by atoms with Gasteiger partial charge in [-0.25, -0.2) is 0 Å². The van der Waals surface area contributed by atoms with Crippen LogP contribution in [-0.4, -0.2) is 46.0 Å². The van der Waals surface area contributed by atoms with Crippen molar-refractivity contribution in [3.8, 4) is 11.5 Å². The fourth-order valence-electron chi connectivity index (χ4n) is 3.61. The summed E-state index contributed by atoms with van der Waals surface area (Å²) in [6, 6.07) is 4.02. The van der Waals surface area contributed by atoms with Crippen molar-refractivity contribution in [3.63, 3.8) is 0 Å². The minimum Gasteiger partial charge on any atom is -0.504 e. The van der Waals surface area contributed by atoms with E-state index in [4.69, 9.17) is 5.11 Å². The largest absolute Gasteiger partial charge is 0.504 e. The van der Waals surface area contributed by atoms with Gasteiger partial charge in [0.15, 0.2) is 11.5 Å². The number of fused-ring (bicyclic) bond motifs is 3. The number of halogens is 1. The summed E-state index contributed by atoms with van der Waals surface area (Å²) in [5.41, 5.74) is 2.10. The van der Waals surface area contributed by atoms with Gasteiger partial charge in [0.2, 0.25) is 0 Å². The molecular weight excluding hydrogens is 310 g/mol. The number of rotatable bonds is 2. The van der Waals surface area contributed by atoms with Gasteiger partial charge >= 0.3 is 0 Å². The van der Waals surface area contributed by atoms with Gasteiger partial charge in [-0.2, -0.15) is 0 Å². The average molecular weight is 330 g/mol. The Morgan fingerprint density at radius 3 is 2.74 bits per heavy atom. The van der Waals surface area contributed by atoms with Crippen molar-refractivity contribution >= 4 is 17.0 Å². The number of aliphatic hydroxyl groups is 1. The minimum absolute atomic E-state index is 0. The van der Waals surface area contributed by atoms with Crippen LogP contribution in [0.2, 0.25) is 0 Å². The summed E-state index contributed by atoms with van der Waals surface area (Å²) in [6.45, 7) is 1.95. The zero-order chi connectivity index (χ0) is 12.7. The molecule has 106 valence electrons. The number of β-amino-alcohol motifs (C(OH)–C–C–N with tert-alkyl or cyclic N) is 1. The summed E-state index contributed by atoms with van der Waals surface area (Å²) in [4.78, 5) is 2.34. The molecule has 2 aliphatic rings. The maximum Gasteiger partial charge on any atom is 0.160 e. The Kier molecular flexibility index (Phi) is 4.38. The summed E-state index contributed by atoms with van der Waals surface area (Å²) < 4.78 is 0. The molecule has 1 aliphatic carbocycles. The number of hydrogen-bond donors (Lipinski definition) is 3. The molecule has 1 aliphatic heterocycles. The van der Waals surface area contributed by atoms with E-state index in [1.54, 1.807) is 6.07 Å². The second-order valence-electron chi connectivity index (χ2n) is 5.26. The molecule has 3 N–H and O–H groups in total. The lowest BCUT2D eigenvalue weighted by atomic mass is 9.79. The summed E-state index contributed by atoms with van der Waals surface area (Å²) in [5, 5.41) is 28.6. The van der Waals surface area contributed by atoms with E-state index in [2.05, 4.69) is 4.90 Å². The molecule has 0 spiro atoms. The smallest absolute Gasteiger partial charge is 0.160 e. The Bertz CT molecular complexity index is 466. The molecule has 2 atom stereocenters. The van der Waals surface area contributed by atoms with E-state index in [0.29, 0.717) is 12.0 Å². The van der Waals surface area contributed by atoms with Gasteiger partial charge in [0, 0.05) is 24.1 Å². The van der Waals surface area contributed by atoms with Crippen LogP contribution in [0.5, 0.6) is 11.5 Å². The normalized spacial score (nSPS) is 25.5. The Hall–Kier alpha value is -0.780. The van der Waals surface area contributed by atoms with Crippen LogP contribution in [0, 0.1) is 0 Å². The number of phenols is 2. The number of likely N-dealkylation sites (tertiary alicyclic amines) is 1. The van der Waals surface area contributed by atoms with E-state index in [1.807, 2.05) is 6.07 Å². The van der Waals surface area contributed by atoms with Crippen LogP contribution in [0.15, 0.2) is 12.1 Å². The van der Waals surface area contributed by atoms with E-state index in [9.17, 15) is 10.2 Å². The van der Waals surface area contributed by atoms with Crippen LogP contribution in [-0.2, 0) is 6.42 Å². The van der Waals surface area contributed by atoms with E-state index in [-0.39, 0.29) is 35.1 Å². The molecule has 0 radical (unpaired) electrons. The van der Waals surface area contributed by atoms with Gasteiger partial charge in [0.25, 0.3) is 0 Å². The highest BCUT2D eigenvalue weighted by Gasteiger charge is 2.39. The predicted octanol–water partition coefficient (Wildman–Crippen LogP) is 1.77. The van der Waals surface area contributed by atoms with Gasteiger partial charge in [-0.05, 0) is 37.4 Å². The molecule has 3 rings (SSSR count). The number of benzene rings is 1. The fraction of sp³-hybridized carbons (Fsp3) is 0.571. The van der Waals surface area contributed by atoms with Crippen molar-refractivity contribution < 1.29 is 15.3 Å². The van der Waals surface area contributed by atoms with Crippen LogP contribution < -0.4 is 0 Å². The SMILES string of the molecule is Br.OCCN1CC[C@H]2c3ccc(O)c(O)c3CC[C@H]21. The highest BCUT2D eigenvalue weighted by Crippen LogP contribution is 2.46. The van der Waals surface area contributed by atoms with Crippen LogP contribution >= 0.6 is 17.0 Å². The third kappa shape index (κ3) is 2.35. The summed E-state index contributed by atoms with van der Waals surface area (Å²) in [6.07, 6.45) is 2.87. The lowest BCUT2D eigenvalue weighted by Gasteiger charge is -2.33. The maximum atomic E-state index is 9.93. The Balaban J connectivity index is 0.00000133. The topological polar surface area (TPSA) is 63.9 Å². The van der Waals surface area contributed by atoms with Crippen molar-refractivity contribution in [2.45, 2.75) is 31.2 Å². The Morgan fingerprint density at radius 1 is 1.21 bits per heavy atom. The molecule has 1 aromatic carbocycles. The summed E-state index contributed by atoms with van der Waals surface area (Å²) >= 11 is 0. The van der Waals surface area contributed by atoms with Crippen LogP contribution in [0.4, 0.5) is 0 Å². The number of nitrogens with zero attached hydrogens (tertiary/aromatic N) is 1. The third-order valence-corrected chi connectivity index (χ3v) is 4.44. The van der Waals surface area contributed by atoms with Crippen molar-refractivity contribution in [3.05, 3.63) is 23.3 Å².